The third-order valence-electron chi connectivity index (χ3n) is 6.45. The van der Waals surface area contributed by atoms with Crippen molar-refractivity contribution in [2.24, 2.45) is 5.92 Å². The first-order valence-electron chi connectivity index (χ1n) is 11.2. The number of rotatable bonds is 7. The highest BCUT2D eigenvalue weighted by molar-refractivity contribution is 7.89. The highest BCUT2D eigenvalue weighted by Gasteiger charge is 2.35. The van der Waals surface area contributed by atoms with Gasteiger partial charge in [-0.15, -0.1) is 0 Å². The second-order valence-corrected chi connectivity index (χ2v) is 10.6. The van der Waals surface area contributed by atoms with E-state index in [-0.39, 0.29) is 29.1 Å². The summed E-state index contributed by atoms with van der Waals surface area (Å²) in [5, 5.41) is 3.10. The molecule has 33 heavy (non-hydrogen) atoms. The topological polar surface area (TPSA) is 84.9 Å². The second kappa shape index (κ2) is 10.1. The lowest BCUT2D eigenvalue weighted by Crippen LogP contribution is -2.45. The summed E-state index contributed by atoms with van der Waals surface area (Å²) in [5.41, 5.74) is 4.60. The Hall–Kier alpha value is -2.58. The van der Waals surface area contributed by atoms with E-state index in [9.17, 15) is 13.2 Å². The molecular weight excluding hydrogens is 440 g/mol. The summed E-state index contributed by atoms with van der Waals surface area (Å²) in [5.74, 6) is 0.136. The van der Waals surface area contributed by atoms with Crippen LogP contribution in [-0.2, 0) is 14.8 Å². The number of nitrogens with zero attached hydrogens (tertiary/aromatic N) is 1. The molecule has 0 aliphatic carbocycles. The SMILES string of the molecule is COc1ccc(OC)c(S(=O)(=O)N2CCC[C@H](C(=O)N[C@@H](C)c3cc(C)c(C)cc3C)C2)c1. The van der Waals surface area contributed by atoms with E-state index in [1.165, 1.54) is 35.7 Å². The Bertz CT molecular complexity index is 1130. The number of carbonyl (C=O) groups is 1. The molecule has 0 saturated carbocycles. The molecule has 180 valence electrons. The maximum Gasteiger partial charge on any atom is 0.246 e. The number of piperidine rings is 1. The van der Waals surface area contributed by atoms with Gasteiger partial charge in [-0.1, -0.05) is 12.1 Å². The summed E-state index contributed by atoms with van der Waals surface area (Å²) in [6, 6.07) is 8.77. The first kappa shape index (κ1) is 25.1. The van der Waals surface area contributed by atoms with Crippen molar-refractivity contribution in [1.82, 2.24) is 9.62 Å². The molecule has 0 unspecified atom stereocenters. The van der Waals surface area contributed by atoms with Crippen LogP contribution in [0.15, 0.2) is 35.2 Å². The first-order chi connectivity index (χ1) is 15.6. The lowest BCUT2D eigenvalue weighted by molar-refractivity contribution is -0.126. The minimum absolute atomic E-state index is 0.0459. The number of sulfonamides is 1. The molecule has 0 bridgehead atoms. The van der Waals surface area contributed by atoms with Crippen molar-refractivity contribution in [3.63, 3.8) is 0 Å². The van der Waals surface area contributed by atoms with Crippen LogP contribution in [0.25, 0.3) is 0 Å². The van der Waals surface area contributed by atoms with Gasteiger partial charge in [0.25, 0.3) is 0 Å². The molecule has 1 aliphatic heterocycles. The van der Waals surface area contributed by atoms with E-state index >= 15 is 0 Å². The van der Waals surface area contributed by atoms with Crippen molar-refractivity contribution >= 4 is 15.9 Å². The Morgan fingerprint density at radius 2 is 1.76 bits per heavy atom. The zero-order chi connectivity index (χ0) is 24.3. The molecule has 0 aromatic heterocycles. The molecule has 0 radical (unpaired) electrons. The van der Waals surface area contributed by atoms with Crippen molar-refractivity contribution in [2.75, 3.05) is 27.3 Å². The summed E-state index contributed by atoms with van der Waals surface area (Å²) in [7, 11) is -0.935. The lowest BCUT2D eigenvalue weighted by Gasteiger charge is -2.32. The summed E-state index contributed by atoms with van der Waals surface area (Å²) < 4.78 is 38.7. The third-order valence-corrected chi connectivity index (χ3v) is 8.34. The molecular formula is C25H34N2O5S. The van der Waals surface area contributed by atoms with Crippen molar-refractivity contribution in [1.29, 1.82) is 0 Å². The predicted octanol–water partition coefficient (Wildman–Crippen LogP) is 3.91. The highest BCUT2D eigenvalue weighted by atomic mass is 32.2. The van der Waals surface area contributed by atoms with Crippen LogP contribution in [0.5, 0.6) is 11.5 Å². The normalized spacial score (nSPS) is 17.9. The zero-order valence-electron chi connectivity index (χ0n) is 20.3. The van der Waals surface area contributed by atoms with Gasteiger partial charge in [-0.3, -0.25) is 4.79 Å². The molecule has 1 saturated heterocycles. The number of hydrogen-bond acceptors (Lipinski definition) is 5. The number of amides is 1. The Morgan fingerprint density at radius 1 is 1.06 bits per heavy atom. The average molecular weight is 475 g/mol. The van der Waals surface area contributed by atoms with E-state index in [1.807, 2.05) is 13.8 Å². The molecule has 3 rings (SSSR count). The minimum atomic E-state index is -3.85. The van der Waals surface area contributed by atoms with Crippen LogP contribution in [0, 0.1) is 26.7 Å². The van der Waals surface area contributed by atoms with E-state index in [2.05, 4.69) is 31.3 Å². The van der Waals surface area contributed by atoms with Gasteiger partial charge in [-0.05, 0) is 74.9 Å². The molecule has 2 atom stereocenters. The first-order valence-corrected chi connectivity index (χ1v) is 12.6. The van der Waals surface area contributed by atoms with Crippen molar-refractivity contribution in [2.45, 2.75) is 51.5 Å². The third kappa shape index (κ3) is 5.33. The standard InChI is InChI=1S/C25H34N2O5S/c1-16-12-18(3)22(13-17(16)2)19(4)26-25(28)20-8-7-11-27(15-20)33(29,30)24-14-21(31-5)9-10-23(24)32-6/h9-10,12-14,19-20H,7-8,11,15H2,1-6H3,(H,26,28)/t19-,20-/m0/s1. The Morgan fingerprint density at radius 3 is 2.42 bits per heavy atom. The van der Waals surface area contributed by atoms with Crippen LogP contribution < -0.4 is 14.8 Å². The van der Waals surface area contributed by atoms with Gasteiger partial charge in [0.15, 0.2) is 0 Å². The molecule has 2 aromatic rings. The maximum absolute atomic E-state index is 13.4. The quantitative estimate of drug-likeness (QED) is 0.658. The van der Waals surface area contributed by atoms with Crippen molar-refractivity contribution in [3.8, 4) is 11.5 Å². The van der Waals surface area contributed by atoms with Gasteiger partial charge in [0.2, 0.25) is 15.9 Å². The molecule has 1 fully saturated rings. The van der Waals surface area contributed by atoms with Crippen molar-refractivity contribution < 1.29 is 22.7 Å². The fraction of sp³-hybridized carbons (Fsp3) is 0.480. The van der Waals surface area contributed by atoms with Crippen LogP contribution in [0.4, 0.5) is 0 Å². The summed E-state index contributed by atoms with van der Waals surface area (Å²) in [6.45, 7) is 8.63. The van der Waals surface area contributed by atoms with E-state index in [1.54, 1.807) is 12.1 Å². The molecule has 1 heterocycles. The smallest absolute Gasteiger partial charge is 0.246 e. The number of ether oxygens (including phenoxy) is 2. The molecule has 7 nitrogen and oxygen atoms in total. The van der Waals surface area contributed by atoms with E-state index in [0.717, 1.165) is 11.1 Å². The van der Waals surface area contributed by atoms with E-state index < -0.39 is 15.9 Å². The number of nitrogens with one attached hydrogen (secondary N) is 1. The van der Waals surface area contributed by atoms with E-state index in [0.29, 0.717) is 25.1 Å². The van der Waals surface area contributed by atoms with Gasteiger partial charge in [0, 0.05) is 19.2 Å². The van der Waals surface area contributed by atoms with Gasteiger partial charge in [-0.2, -0.15) is 4.31 Å². The molecule has 1 aliphatic rings. The van der Waals surface area contributed by atoms with Crippen LogP contribution >= 0.6 is 0 Å². The average Bonchev–Trinajstić information content (AvgIpc) is 2.80. The van der Waals surface area contributed by atoms with E-state index in [4.69, 9.17) is 9.47 Å². The maximum atomic E-state index is 13.4. The fourth-order valence-corrected chi connectivity index (χ4v) is 6.05. The van der Waals surface area contributed by atoms with Crippen LogP contribution in [0.2, 0.25) is 0 Å². The largest absolute Gasteiger partial charge is 0.497 e. The van der Waals surface area contributed by atoms with Gasteiger partial charge in [0.05, 0.1) is 26.2 Å². The Balaban J connectivity index is 1.77. The lowest BCUT2D eigenvalue weighted by atomic mass is 9.95. The molecule has 0 spiro atoms. The van der Waals surface area contributed by atoms with Gasteiger partial charge in [0.1, 0.15) is 16.4 Å². The number of hydrogen-bond donors (Lipinski definition) is 1. The van der Waals surface area contributed by atoms with Crippen LogP contribution in [-0.4, -0.2) is 45.9 Å². The summed E-state index contributed by atoms with van der Waals surface area (Å²) >= 11 is 0. The predicted molar refractivity (Wildman–Crippen MR) is 128 cm³/mol. The zero-order valence-corrected chi connectivity index (χ0v) is 21.1. The Kier molecular flexibility index (Phi) is 7.69. The molecule has 1 amide bonds. The number of aryl methyl sites for hydroxylation is 3. The van der Waals surface area contributed by atoms with Crippen molar-refractivity contribution in [3.05, 3.63) is 52.6 Å². The Labute approximate surface area is 197 Å². The highest BCUT2D eigenvalue weighted by Crippen LogP contribution is 2.33. The number of methoxy groups -OCH3 is 2. The van der Waals surface area contributed by atoms with Crippen LogP contribution in [0.1, 0.15) is 48.1 Å². The van der Waals surface area contributed by atoms with Gasteiger partial charge >= 0.3 is 0 Å². The minimum Gasteiger partial charge on any atom is -0.497 e. The fourth-order valence-electron chi connectivity index (χ4n) is 4.36. The monoisotopic (exact) mass is 474 g/mol. The molecule has 8 heteroatoms. The summed E-state index contributed by atoms with van der Waals surface area (Å²) in [4.78, 5) is 13.1. The van der Waals surface area contributed by atoms with Crippen LogP contribution in [0.3, 0.4) is 0 Å². The van der Waals surface area contributed by atoms with Gasteiger partial charge in [-0.25, -0.2) is 8.42 Å². The van der Waals surface area contributed by atoms with Gasteiger partial charge < -0.3 is 14.8 Å². The number of benzene rings is 2. The summed E-state index contributed by atoms with van der Waals surface area (Å²) in [6.07, 6.45) is 1.26. The number of carbonyl (C=O) groups excluding carboxylic acids is 1. The molecule has 1 N–H and O–H groups in total. The second-order valence-electron chi connectivity index (χ2n) is 8.74. The molecule has 2 aromatic carbocycles.